The van der Waals surface area contributed by atoms with Gasteiger partial charge in [-0.2, -0.15) is 10.4 Å². The number of carbonyl (C=O) groups excluding carboxylic acids is 1. The molecule has 0 aromatic carbocycles. The summed E-state index contributed by atoms with van der Waals surface area (Å²) in [5, 5.41) is 24.4. The molecule has 0 aliphatic carbocycles. The lowest BCUT2D eigenvalue weighted by molar-refractivity contribution is -0.123. The van der Waals surface area contributed by atoms with E-state index in [-0.39, 0.29) is 36.3 Å². The zero-order valence-corrected chi connectivity index (χ0v) is 10.7. The summed E-state index contributed by atoms with van der Waals surface area (Å²) in [7, 11) is 0. The molecule has 0 atom stereocenters. The maximum Gasteiger partial charge on any atom is 0.230 e. The van der Waals surface area contributed by atoms with Crippen molar-refractivity contribution in [2.24, 2.45) is 5.41 Å². The van der Waals surface area contributed by atoms with Crippen LogP contribution < -0.4 is 11.1 Å². The summed E-state index contributed by atoms with van der Waals surface area (Å²) < 4.78 is 1.29. The third-order valence-corrected chi connectivity index (χ3v) is 2.33. The second kappa shape index (κ2) is 5.06. The summed E-state index contributed by atoms with van der Waals surface area (Å²) in [5.41, 5.74) is 5.22. The predicted octanol–water partition coefficient (Wildman–Crippen LogP) is 0.314. The highest BCUT2D eigenvalue weighted by Gasteiger charge is 2.24. The smallest absolute Gasteiger partial charge is 0.230 e. The van der Waals surface area contributed by atoms with Gasteiger partial charge in [-0.25, -0.2) is 4.68 Å². The second-order valence-corrected chi connectivity index (χ2v) is 4.87. The van der Waals surface area contributed by atoms with Crippen LogP contribution in [0.3, 0.4) is 0 Å². The Balaban J connectivity index is 3.07. The number of hydrogen-bond donors (Lipinski definition) is 3. The Morgan fingerprint density at radius 2 is 2.22 bits per heavy atom. The molecule has 0 spiro atoms. The molecule has 1 rings (SSSR count). The molecule has 1 heterocycles. The molecule has 0 unspecified atom stereocenters. The maximum atomic E-state index is 11.8. The van der Waals surface area contributed by atoms with E-state index in [4.69, 9.17) is 16.1 Å². The molecule has 0 saturated heterocycles. The van der Waals surface area contributed by atoms with Gasteiger partial charge in [-0.1, -0.05) is 20.8 Å². The van der Waals surface area contributed by atoms with Gasteiger partial charge in [0.15, 0.2) is 5.82 Å². The minimum Gasteiger partial charge on any atom is -0.394 e. The highest BCUT2D eigenvalue weighted by Crippen LogP contribution is 2.23. The van der Waals surface area contributed by atoms with Crippen molar-refractivity contribution in [1.82, 2.24) is 9.78 Å². The minimum atomic E-state index is -0.595. The first kappa shape index (κ1) is 14.0. The van der Waals surface area contributed by atoms with Crippen molar-refractivity contribution in [2.45, 2.75) is 27.3 Å². The quantitative estimate of drug-likeness (QED) is 0.714. The molecule has 7 heteroatoms. The highest BCUT2D eigenvalue weighted by molar-refractivity contribution is 5.95. The molecular weight excluding hydrogens is 234 g/mol. The zero-order chi connectivity index (χ0) is 13.9. The van der Waals surface area contributed by atoms with Gasteiger partial charge >= 0.3 is 0 Å². The molecular formula is C11H17N5O2. The molecule has 0 bridgehead atoms. The van der Waals surface area contributed by atoms with Crippen molar-refractivity contribution in [1.29, 1.82) is 5.26 Å². The van der Waals surface area contributed by atoms with Gasteiger partial charge < -0.3 is 16.2 Å². The van der Waals surface area contributed by atoms with E-state index in [0.717, 1.165) is 0 Å². The number of amides is 1. The Hall–Kier alpha value is -2.07. The number of hydrogen-bond acceptors (Lipinski definition) is 5. The van der Waals surface area contributed by atoms with E-state index in [0.29, 0.717) is 0 Å². The second-order valence-electron chi connectivity index (χ2n) is 4.87. The van der Waals surface area contributed by atoms with E-state index >= 15 is 0 Å². The Morgan fingerprint density at radius 1 is 1.61 bits per heavy atom. The number of nitrogen functional groups attached to an aromatic ring is 1. The molecule has 18 heavy (non-hydrogen) atoms. The van der Waals surface area contributed by atoms with Crippen LogP contribution in [0.1, 0.15) is 26.3 Å². The van der Waals surface area contributed by atoms with E-state index in [1.807, 2.05) is 6.07 Å². The number of aromatic nitrogens is 2. The lowest BCUT2D eigenvalue weighted by Crippen LogP contribution is -2.28. The fraction of sp³-hybridized carbons (Fsp3) is 0.545. The molecule has 98 valence electrons. The van der Waals surface area contributed by atoms with Crippen LogP contribution in [0.5, 0.6) is 0 Å². The molecule has 0 aliphatic heterocycles. The Morgan fingerprint density at radius 3 is 2.67 bits per heavy atom. The molecule has 1 amide bonds. The van der Waals surface area contributed by atoms with Crippen LogP contribution in [0.25, 0.3) is 0 Å². The molecule has 0 aliphatic rings. The Bertz CT molecular complexity index is 493. The van der Waals surface area contributed by atoms with Gasteiger partial charge in [0.25, 0.3) is 0 Å². The van der Waals surface area contributed by atoms with Crippen molar-refractivity contribution in [2.75, 3.05) is 17.7 Å². The van der Waals surface area contributed by atoms with Crippen LogP contribution in [0.4, 0.5) is 11.6 Å². The average Bonchev–Trinajstić information content (AvgIpc) is 2.54. The van der Waals surface area contributed by atoms with Crippen LogP contribution >= 0.6 is 0 Å². The molecule has 1 aromatic heterocycles. The van der Waals surface area contributed by atoms with Crippen LogP contribution in [0, 0.1) is 16.7 Å². The molecule has 0 saturated carbocycles. The topological polar surface area (TPSA) is 117 Å². The number of nitriles is 1. The molecule has 7 nitrogen and oxygen atoms in total. The molecule has 4 N–H and O–H groups in total. The average molecular weight is 251 g/mol. The van der Waals surface area contributed by atoms with Crippen LogP contribution in [-0.2, 0) is 11.3 Å². The molecule has 1 aromatic rings. The standard InChI is InChI=1S/C11H17N5O2/c1-11(2,3)10(18)14-9-7(6-12)8(13)16(15-9)4-5-17/h17H,4-5,13H2,1-3H3,(H,14,15,18). The number of nitrogens with zero attached hydrogens (tertiary/aromatic N) is 3. The van der Waals surface area contributed by atoms with Crippen molar-refractivity contribution in [3.05, 3.63) is 5.56 Å². The van der Waals surface area contributed by atoms with Crippen molar-refractivity contribution < 1.29 is 9.90 Å². The number of carbonyl (C=O) groups is 1. The summed E-state index contributed by atoms with van der Waals surface area (Å²) in [4.78, 5) is 11.8. The van der Waals surface area contributed by atoms with Gasteiger partial charge in [0.2, 0.25) is 5.91 Å². The number of anilines is 2. The number of nitrogens with one attached hydrogen (secondary N) is 1. The summed E-state index contributed by atoms with van der Waals surface area (Å²) in [5.74, 6) is 0.00628. The number of aliphatic hydroxyl groups excluding tert-OH is 1. The van der Waals surface area contributed by atoms with Crippen molar-refractivity contribution in [3.63, 3.8) is 0 Å². The van der Waals surface area contributed by atoms with E-state index in [9.17, 15) is 4.79 Å². The maximum absolute atomic E-state index is 11.8. The lowest BCUT2D eigenvalue weighted by Gasteiger charge is -2.16. The van der Waals surface area contributed by atoms with E-state index in [2.05, 4.69) is 10.4 Å². The SMILES string of the molecule is CC(C)(C)C(=O)Nc1nn(CCO)c(N)c1C#N. The van der Waals surface area contributed by atoms with Gasteiger partial charge in [-0.3, -0.25) is 4.79 Å². The van der Waals surface area contributed by atoms with Gasteiger partial charge in [-0.15, -0.1) is 0 Å². The van der Waals surface area contributed by atoms with E-state index in [1.54, 1.807) is 20.8 Å². The first-order chi connectivity index (χ1) is 8.31. The minimum absolute atomic E-state index is 0.112. The highest BCUT2D eigenvalue weighted by atomic mass is 16.3. The van der Waals surface area contributed by atoms with Gasteiger partial charge in [0, 0.05) is 5.41 Å². The summed E-state index contributed by atoms with van der Waals surface area (Å²) in [6.07, 6.45) is 0. The molecule has 0 radical (unpaired) electrons. The van der Waals surface area contributed by atoms with Crippen LogP contribution in [0.15, 0.2) is 0 Å². The van der Waals surface area contributed by atoms with E-state index in [1.165, 1.54) is 4.68 Å². The third kappa shape index (κ3) is 2.78. The van der Waals surface area contributed by atoms with Crippen LogP contribution in [0.2, 0.25) is 0 Å². The summed E-state index contributed by atoms with van der Waals surface area (Å²) in [6, 6.07) is 1.89. The third-order valence-electron chi connectivity index (χ3n) is 2.33. The lowest BCUT2D eigenvalue weighted by atomic mass is 9.96. The number of nitrogens with two attached hydrogens (primary N) is 1. The van der Waals surface area contributed by atoms with Crippen molar-refractivity contribution in [3.8, 4) is 6.07 Å². The zero-order valence-electron chi connectivity index (χ0n) is 10.7. The monoisotopic (exact) mass is 251 g/mol. The van der Waals surface area contributed by atoms with Gasteiger partial charge in [0.1, 0.15) is 17.5 Å². The largest absolute Gasteiger partial charge is 0.394 e. The van der Waals surface area contributed by atoms with E-state index < -0.39 is 5.41 Å². The van der Waals surface area contributed by atoms with Gasteiger partial charge in [0.05, 0.1) is 13.2 Å². The number of aliphatic hydroxyl groups is 1. The van der Waals surface area contributed by atoms with Crippen molar-refractivity contribution >= 4 is 17.5 Å². The summed E-state index contributed by atoms with van der Waals surface area (Å²) in [6.45, 7) is 5.28. The molecule has 0 fully saturated rings. The Labute approximate surface area is 105 Å². The Kier molecular flexibility index (Phi) is 3.93. The fourth-order valence-corrected chi connectivity index (χ4v) is 1.23. The first-order valence-electron chi connectivity index (χ1n) is 5.50. The fourth-order valence-electron chi connectivity index (χ4n) is 1.23. The first-order valence-corrected chi connectivity index (χ1v) is 5.50. The predicted molar refractivity (Wildman–Crippen MR) is 66.5 cm³/mol. The van der Waals surface area contributed by atoms with Gasteiger partial charge in [-0.05, 0) is 0 Å². The normalized spacial score (nSPS) is 11.1. The number of rotatable bonds is 3. The van der Waals surface area contributed by atoms with Crippen LogP contribution in [-0.4, -0.2) is 27.4 Å². The summed E-state index contributed by atoms with van der Waals surface area (Å²) >= 11 is 0.